The van der Waals surface area contributed by atoms with Crippen LogP contribution in [-0.4, -0.2) is 36.6 Å². The fourth-order valence-corrected chi connectivity index (χ4v) is 2.66. The van der Waals surface area contributed by atoms with Crippen LogP contribution in [0.5, 0.6) is 0 Å². The molecule has 0 aromatic heterocycles. The van der Waals surface area contributed by atoms with Gasteiger partial charge in [-0.05, 0) is 44.7 Å². The molecular formula is C14H30N2. The zero-order valence-electron chi connectivity index (χ0n) is 11.8. The van der Waals surface area contributed by atoms with Gasteiger partial charge in [-0.15, -0.1) is 0 Å². The number of hydrogen-bond donors (Lipinski definition) is 1. The first-order valence-electron chi connectivity index (χ1n) is 6.96. The highest BCUT2D eigenvalue weighted by atomic mass is 15.2. The normalized spacial score (nSPS) is 24.6. The second-order valence-corrected chi connectivity index (χ2v) is 6.19. The molecule has 2 heteroatoms. The van der Waals surface area contributed by atoms with Crippen LogP contribution in [0.3, 0.4) is 0 Å². The third-order valence-corrected chi connectivity index (χ3v) is 3.57. The largest absolute Gasteiger partial charge is 0.314 e. The van der Waals surface area contributed by atoms with E-state index in [2.05, 4.69) is 44.8 Å². The van der Waals surface area contributed by atoms with E-state index in [4.69, 9.17) is 0 Å². The van der Waals surface area contributed by atoms with Gasteiger partial charge in [0.2, 0.25) is 0 Å². The van der Waals surface area contributed by atoms with E-state index >= 15 is 0 Å². The van der Waals surface area contributed by atoms with E-state index in [9.17, 15) is 0 Å². The van der Waals surface area contributed by atoms with Crippen molar-refractivity contribution >= 4 is 0 Å². The first-order chi connectivity index (χ1) is 7.49. The molecule has 2 unspecified atom stereocenters. The Morgan fingerprint density at radius 2 is 1.88 bits per heavy atom. The Labute approximate surface area is 102 Å². The van der Waals surface area contributed by atoms with E-state index in [0.717, 1.165) is 17.9 Å². The van der Waals surface area contributed by atoms with Crippen LogP contribution in [0.15, 0.2) is 0 Å². The summed E-state index contributed by atoms with van der Waals surface area (Å²) in [5.74, 6) is 1.69. The fraction of sp³-hybridized carbons (Fsp3) is 1.00. The number of nitrogens with zero attached hydrogens (tertiary/aromatic N) is 1. The molecule has 0 radical (unpaired) electrons. The summed E-state index contributed by atoms with van der Waals surface area (Å²) in [6.45, 7) is 15.3. The molecule has 0 amide bonds. The molecule has 1 aliphatic heterocycles. The molecule has 2 atom stereocenters. The van der Waals surface area contributed by atoms with Crippen molar-refractivity contribution in [3.8, 4) is 0 Å². The summed E-state index contributed by atoms with van der Waals surface area (Å²) in [4.78, 5) is 2.67. The van der Waals surface area contributed by atoms with Crippen molar-refractivity contribution in [3.63, 3.8) is 0 Å². The van der Waals surface area contributed by atoms with Crippen LogP contribution in [-0.2, 0) is 0 Å². The highest BCUT2D eigenvalue weighted by Crippen LogP contribution is 2.21. The summed E-state index contributed by atoms with van der Waals surface area (Å²) in [5.41, 5.74) is 0. The number of nitrogens with one attached hydrogen (secondary N) is 1. The predicted octanol–water partition coefficient (Wildman–Crippen LogP) is 2.74. The molecule has 0 aromatic rings. The lowest BCUT2D eigenvalue weighted by molar-refractivity contribution is 0.220. The fourth-order valence-electron chi connectivity index (χ4n) is 2.66. The summed E-state index contributed by atoms with van der Waals surface area (Å²) in [5, 5.41) is 3.56. The Bertz CT molecular complexity index is 189. The third kappa shape index (κ3) is 4.84. The zero-order valence-corrected chi connectivity index (χ0v) is 11.8. The summed E-state index contributed by atoms with van der Waals surface area (Å²) in [6, 6.07) is 1.39. The van der Waals surface area contributed by atoms with Crippen molar-refractivity contribution in [1.29, 1.82) is 0 Å². The number of likely N-dealkylation sites (tertiary alicyclic amines) is 1. The maximum atomic E-state index is 3.56. The Balaban J connectivity index is 2.23. The molecule has 1 saturated heterocycles. The molecule has 0 aromatic carbocycles. The second-order valence-electron chi connectivity index (χ2n) is 6.19. The summed E-state index contributed by atoms with van der Waals surface area (Å²) < 4.78 is 0. The standard InChI is InChI=1S/C14H30N2/c1-11(2)8-13(5)16-7-6-14(10-16)9-15-12(3)4/h11-15H,6-10H2,1-5H3. The van der Waals surface area contributed by atoms with E-state index in [0.29, 0.717) is 6.04 Å². The molecule has 96 valence electrons. The predicted molar refractivity (Wildman–Crippen MR) is 71.7 cm³/mol. The topological polar surface area (TPSA) is 15.3 Å². The number of hydrogen-bond acceptors (Lipinski definition) is 2. The molecule has 1 aliphatic rings. The lowest BCUT2D eigenvalue weighted by atomic mass is 10.0. The molecule has 1 rings (SSSR count). The van der Waals surface area contributed by atoms with Crippen molar-refractivity contribution in [2.75, 3.05) is 19.6 Å². The Kier molecular flexibility index (Phi) is 5.77. The Morgan fingerprint density at radius 1 is 1.19 bits per heavy atom. The quantitative estimate of drug-likeness (QED) is 0.749. The van der Waals surface area contributed by atoms with Gasteiger partial charge < -0.3 is 10.2 Å². The number of rotatable bonds is 6. The monoisotopic (exact) mass is 226 g/mol. The SMILES string of the molecule is CC(C)CC(C)N1CCC(CNC(C)C)C1. The molecule has 0 saturated carbocycles. The summed E-state index contributed by atoms with van der Waals surface area (Å²) >= 11 is 0. The van der Waals surface area contributed by atoms with Crippen LogP contribution in [0.25, 0.3) is 0 Å². The van der Waals surface area contributed by atoms with Gasteiger partial charge in [-0.2, -0.15) is 0 Å². The van der Waals surface area contributed by atoms with Gasteiger partial charge in [0, 0.05) is 18.6 Å². The molecule has 0 spiro atoms. The van der Waals surface area contributed by atoms with Crippen LogP contribution in [0.2, 0.25) is 0 Å². The molecule has 16 heavy (non-hydrogen) atoms. The van der Waals surface area contributed by atoms with Crippen LogP contribution < -0.4 is 5.32 Å². The molecule has 1 N–H and O–H groups in total. The smallest absolute Gasteiger partial charge is 0.00694 e. The van der Waals surface area contributed by atoms with E-state index in [1.54, 1.807) is 0 Å². The van der Waals surface area contributed by atoms with Gasteiger partial charge in [-0.3, -0.25) is 0 Å². The maximum Gasteiger partial charge on any atom is 0.00694 e. The van der Waals surface area contributed by atoms with Crippen LogP contribution in [0.4, 0.5) is 0 Å². The molecule has 2 nitrogen and oxygen atoms in total. The first-order valence-corrected chi connectivity index (χ1v) is 6.96. The van der Waals surface area contributed by atoms with Crippen LogP contribution in [0.1, 0.15) is 47.5 Å². The minimum absolute atomic E-state index is 0.627. The van der Waals surface area contributed by atoms with Gasteiger partial charge in [0.25, 0.3) is 0 Å². The maximum absolute atomic E-state index is 3.56. The van der Waals surface area contributed by atoms with E-state index in [-0.39, 0.29) is 0 Å². The first kappa shape index (κ1) is 14.0. The average Bonchev–Trinajstić information content (AvgIpc) is 2.61. The zero-order chi connectivity index (χ0) is 12.1. The van der Waals surface area contributed by atoms with Gasteiger partial charge in [0.15, 0.2) is 0 Å². The third-order valence-electron chi connectivity index (χ3n) is 3.57. The molecule has 0 aliphatic carbocycles. The highest BCUT2D eigenvalue weighted by molar-refractivity contribution is 4.81. The highest BCUT2D eigenvalue weighted by Gasteiger charge is 2.25. The summed E-state index contributed by atoms with van der Waals surface area (Å²) in [6.07, 6.45) is 2.71. The van der Waals surface area contributed by atoms with Gasteiger partial charge in [-0.1, -0.05) is 27.7 Å². The van der Waals surface area contributed by atoms with E-state index in [1.165, 1.54) is 32.5 Å². The molecule has 1 fully saturated rings. The van der Waals surface area contributed by atoms with Crippen molar-refractivity contribution < 1.29 is 0 Å². The van der Waals surface area contributed by atoms with Crippen LogP contribution in [0, 0.1) is 11.8 Å². The molecule has 1 heterocycles. The van der Waals surface area contributed by atoms with Gasteiger partial charge in [0.05, 0.1) is 0 Å². The lowest BCUT2D eigenvalue weighted by Crippen LogP contribution is -2.34. The average molecular weight is 226 g/mol. The molecular weight excluding hydrogens is 196 g/mol. The van der Waals surface area contributed by atoms with Crippen LogP contribution >= 0.6 is 0 Å². The Hall–Kier alpha value is -0.0800. The lowest BCUT2D eigenvalue weighted by Gasteiger charge is -2.26. The van der Waals surface area contributed by atoms with Crippen molar-refractivity contribution in [1.82, 2.24) is 10.2 Å². The van der Waals surface area contributed by atoms with Gasteiger partial charge >= 0.3 is 0 Å². The van der Waals surface area contributed by atoms with Crippen molar-refractivity contribution in [3.05, 3.63) is 0 Å². The molecule has 0 bridgehead atoms. The van der Waals surface area contributed by atoms with Gasteiger partial charge in [-0.25, -0.2) is 0 Å². The van der Waals surface area contributed by atoms with Gasteiger partial charge in [0.1, 0.15) is 0 Å². The second kappa shape index (κ2) is 6.61. The summed E-state index contributed by atoms with van der Waals surface area (Å²) in [7, 11) is 0. The Morgan fingerprint density at radius 3 is 2.44 bits per heavy atom. The minimum Gasteiger partial charge on any atom is -0.314 e. The van der Waals surface area contributed by atoms with E-state index < -0.39 is 0 Å². The van der Waals surface area contributed by atoms with Crippen molar-refractivity contribution in [2.24, 2.45) is 11.8 Å². The van der Waals surface area contributed by atoms with Crippen molar-refractivity contribution in [2.45, 2.75) is 59.5 Å². The minimum atomic E-state index is 0.627. The van der Waals surface area contributed by atoms with E-state index in [1.807, 2.05) is 0 Å².